The Kier molecular flexibility index (Phi) is 5.74. The Morgan fingerprint density at radius 2 is 2.11 bits per heavy atom. The number of halogens is 3. The minimum atomic E-state index is -0.777. The third kappa shape index (κ3) is 4.10. The van der Waals surface area contributed by atoms with E-state index in [9.17, 15) is 9.50 Å². The number of aromatic nitrogens is 3. The molecule has 0 radical (unpaired) electrons. The summed E-state index contributed by atoms with van der Waals surface area (Å²) < 4.78 is 21.7. The van der Waals surface area contributed by atoms with Gasteiger partial charge in [0.25, 0.3) is 0 Å². The number of benzene rings is 1. The predicted octanol–water partition coefficient (Wildman–Crippen LogP) is 5.36. The molecule has 0 saturated heterocycles. The Morgan fingerprint density at radius 3 is 2.74 bits per heavy atom. The Balaban J connectivity index is 2.02. The Hall–Kier alpha value is -1.70. The van der Waals surface area contributed by atoms with Crippen molar-refractivity contribution in [2.24, 2.45) is 0 Å². The zero-order chi connectivity index (χ0) is 19.8. The molecule has 144 valence electrons. The van der Waals surface area contributed by atoms with Crippen LogP contribution in [0.15, 0.2) is 28.9 Å². The summed E-state index contributed by atoms with van der Waals surface area (Å²) in [5, 5.41) is 19.1. The molecule has 3 rings (SSSR count). The molecule has 0 aliphatic rings. The summed E-state index contributed by atoms with van der Waals surface area (Å²) >= 11 is 9.63. The molecule has 0 amide bonds. The number of hydrogen-bond acceptors (Lipinski definition) is 4. The van der Waals surface area contributed by atoms with E-state index in [1.165, 1.54) is 6.07 Å². The lowest BCUT2D eigenvalue weighted by Gasteiger charge is -2.17. The first kappa shape index (κ1) is 20.0. The smallest absolute Gasteiger partial charge is 0.174 e. The van der Waals surface area contributed by atoms with E-state index in [2.05, 4.69) is 26.2 Å². The van der Waals surface area contributed by atoms with Gasteiger partial charge in [-0.15, -0.1) is 0 Å². The molecule has 27 heavy (non-hydrogen) atoms. The van der Waals surface area contributed by atoms with E-state index in [0.717, 1.165) is 11.3 Å². The molecule has 1 N–H and O–H groups in total. The first-order valence-electron chi connectivity index (χ1n) is 8.47. The van der Waals surface area contributed by atoms with Gasteiger partial charge in [-0.05, 0) is 39.3 Å². The number of aryl methyl sites for hydroxylation is 1. The van der Waals surface area contributed by atoms with Crippen LogP contribution < -0.4 is 0 Å². The molecule has 0 fully saturated rings. The maximum atomic E-state index is 14.3. The average Bonchev–Trinajstić information content (AvgIpc) is 3.15. The minimum Gasteiger partial charge on any atom is -0.390 e. The zero-order valence-corrected chi connectivity index (χ0v) is 17.6. The van der Waals surface area contributed by atoms with Gasteiger partial charge >= 0.3 is 0 Å². The van der Waals surface area contributed by atoms with Crippen LogP contribution in [0.4, 0.5) is 4.39 Å². The second-order valence-corrected chi connectivity index (χ2v) is 7.97. The number of rotatable bonds is 6. The highest BCUT2D eigenvalue weighted by Crippen LogP contribution is 2.38. The fraction of sp³-hybridized carbons (Fsp3) is 0.368. The van der Waals surface area contributed by atoms with Crippen molar-refractivity contribution in [3.63, 3.8) is 0 Å². The summed E-state index contributed by atoms with van der Waals surface area (Å²) in [6.45, 7) is 6.01. The molecule has 0 spiro atoms. The molecular weight excluding hydrogens is 437 g/mol. The summed E-state index contributed by atoms with van der Waals surface area (Å²) in [5.74, 6) is 0.0651. The summed E-state index contributed by atoms with van der Waals surface area (Å²) in [6, 6.07) is 4.51. The quantitative estimate of drug-likeness (QED) is 0.507. The third-order valence-corrected chi connectivity index (χ3v) is 5.28. The highest BCUT2D eigenvalue weighted by atomic mass is 79.9. The van der Waals surface area contributed by atoms with Crippen molar-refractivity contribution < 1.29 is 14.0 Å². The molecule has 0 unspecified atom stereocenters. The minimum absolute atomic E-state index is 0.218. The molecular formula is C19H20BrClFN3O2. The van der Waals surface area contributed by atoms with Gasteiger partial charge in [0.2, 0.25) is 0 Å². The van der Waals surface area contributed by atoms with E-state index in [1.54, 1.807) is 32.2 Å². The maximum Gasteiger partial charge on any atom is 0.174 e. The van der Waals surface area contributed by atoms with Crippen LogP contribution in [0.1, 0.15) is 31.5 Å². The largest absolute Gasteiger partial charge is 0.390 e. The van der Waals surface area contributed by atoms with Crippen LogP contribution >= 0.6 is 27.5 Å². The van der Waals surface area contributed by atoms with Crippen LogP contribution in [-0.4, -0.2) is 25.6 Å². The first-order chi connectivity index (χ1) is 12.7. The molecule has 3 aromatic rings. The summed E-state index contributed by atoms with van der Waals surface area (Å²) in [5.41, 5.74) is 2.16. The highest BCUT2D eigenvalue weighted by Gasteiger charge is 2.25. The van der Waals surface area contributed by atoms with Crippen LogP contribution in [-0.2, 0) is 11.9 Å². The number of alkyl halides is 1. The van der Waals surface area contributed by atoms with Crippen LogP contribution in [0.25, 0.3) is 22.6 Å². The van der Waals surface area contributed by atoms with Gasteiger partial charge < -0.3 is 9.63 Å². The lowest BCUT2D eigenvalue weighted by molar-refractivity contribution is 0.0649. The van der Waals surface area contributed by atoms with Crippen LogP contribution in [0, 0.1) is 12.7 Å². The number of aliphatic hydroxyl groups is 1. The van der Waals surface area contributed by atoms with E-state index >= 15 is 0 Å². The van der Waals surface area contributed by atoms with Crippen molar-refractivity contribution in [1.29, 1.82) is 0 Å². The van der Waals surface area contributed by atoms with Gasteiger partial charge in [-0.2, -0.15) is 5.10 Å². The van der Waals surface area contributed by atoms with Crippen molar-refractivity contribution >= 4 is 27.5 Å². The molecule has 5 nitrogen and oxygen atoms in total. The van der Waals surface area contributed by atoms with Gasteiger partial charge in [0, 0.05) is 23.1 Å². The van der Waals surface area contributed by atoms with Gasteiger partial charge in [-0.1, -0.05) is 38.8 Å². The molecule has 2 heterocycles. The Morgan fingerprint density at radius 1 is 1.37 bits per heavy atom. The van der Waals surface area contributed by atoms with E-state index in [-0.39, 0.29) is 10.6 Å². The van der Waals surface area contributed by atoms with Crippen molar-refractivity contribution in [2.75, 3.05) is 0 Å². The van der Waals surface area contributed by atoms with Crippen molar-refractivity contribution in [2.45, 2.75) is 44.7 Å². The summed E-state index contributed by atoms with van der Waals surface area (Å²) in [4.78, 5) is 0. The highest BCUT2D eigenvalue weighted by molar-refractivity contribution is 9.08. The van der Waals surface area contributed by atoms with E-state index < -0.39 is 11.4 Å². The van der Waals surface area contributed by atoms with Gasteiger partial charge in [0.15, 0.2) is 5.76 Å². The van der Waals surface area contributed by atoms with Crippen molar-refractivity contribution in [3.8, 4) is 22.6 Å². The maximum absolute atomic E-state index is 14.3. The van der Waals surface area contributed by atoms with Crippen molar-refractivity contribution in [3.05, 3.63) is 46.5 Å². The second-order valence-electron chi connectivity index (χ2n) is 7.00. The molecule has 0 aliphatic heterocycles. The van der Waals surface area contributed by atoms with E-state index in [1.807, 2.05) is 11.6 Å². The molecule has 0 atom stereocenters. The van der Waals surface area contributed by atoms with Gasteiger partial charge in [0.1, 0.15) is 11.5 Å². The topological polar surface area (TPSA) is 64.1 Å². The summed E-state index contributed by atoms with van der Waals surface area (Å²) in [7, 11) is 0. The SMILES string of the molecule is Cc1c(-c2onc(-c3c(F)cccc3Cl)c2CBr)cnn1CCC(C)(C)O. The molecule has 8 heteroatoms. The van der Waals surface area contributed by atoms with Gasteiger partial charge in [-0.3, -0.25) is 4.68 Å². The monoisotopic (exact) mass is 455 g/mol. The van der Waals surface area contributed by atoms with E-state index in [4.69, 9.17) is 16.1 Å². The first-order valence-corrected chi connectivity index (χ1v) is 9.97. The molecule has 0 aliphatic carbocycles. The fourth-order valence-corrected chi connectivity index (χ4v) is 3.61. The molecule has 2 aromatic heterocycles. The molecule has 0 saturated carbocycles. The molecule has 0 bridgehead atoms. The molecule has 1 aromatic carbocycles. The lowest BCUT2D eigenvalue weighted by Crippen LogP contribution is -2.21. The van der Waals surface area contributed by atoms with Crippen LogP contribution in [0.3, 0.4) is 0 Å². The van der Waals surface area contributed by atoms with Gasteiger partial charge in [0.05, 0.1) is 27.9 Å². The third-order valence-electron chi connectivity index (χ3n) is 4.40. The number of nitrogens with zero attached hydrogens (tertiary/aromatic N) is 3. The Labute approximate surface area is 170 Å². The van der Waals surface area contributed by atoms with Crippen molar-refractivity contribution in [1.82, 2.24) is 14.9 Å². The fourth-order valence-electron chi connectivity index (χ4n) is 2.84. The average molecular weight is 457 g/mol. The van der Waals surface area contributed by atoms with Crippen LogP contribution in [0.5, 0.6) is 0 Å². The zero-order valence-electron chi connectivity index (χ0n) is 15.3. The normalized spacial score (nSPS) is 12.0. The predicted molar refractivity (Wildman–Crippen MR) is 106 cm³/mol. The Bertz CT molecular complexity index is 942. The summed E-state index contributed by atoms with van der Waals surface area (Å²) in [6.07, 6.45) is 2.26. The lowest BCUT2D eigenvalue weighted by atomic mass is 10.0. The number of hydrogen-bond donors (Lipinski definition) is 1. The second kappa shape index (κ2) is 7.73. The van der Waals surface area contributed by atoms with E-state index in [0.29, 0.717) is 35.3 Å². The van der Waals surface area contributed by atoms with Gasteiger partial charge in [-0.25, -0.2) is 4.39 Å². The standard InChI is InChI=1S/C19H20BrClFN3O2/c1-11-13(10-23-25(11)8-7-19(2,3)26)18-12(9-20)17(24-27-18)16-14(21)5-4-6-15(16)22/h4-6,10,26H,7-9H2,1-3H3. The van der Waals surface area contributed by atoms with Crippen LogP contribution in [0.2, 0.25) is 5.02 Å².